The Morgan fingerprint density at radius 3 is 2.71 bits per heavy atom. The largest absolute Gasteiger partial charge is 0.404 e. The molecule has 1 fully saturated rings. The van der Waals surface area contributed by atoms with Crippen molar-refractivity contribution in [3.05, 3.63) is 29.5 Å². The van der Waals surface area contributed by atoms with Gasteiger partial charge in [-0.15, -0.1) is 0 Å². The Kier molecular flexibility index (Phi) is 4.04. The molecular formula is C15H16F3N5O. The van der Waals surface area contributed by atoms with Gasteiger partial charge in [0.15, 0.2) is 6.29 Å². The smallest absolute Gasteiger partial charge is 0.323 e. The van der Waals surface area contributed by atoms with Gasteiger partial charge in [-0.1, -0.05) is 12.1 Å². The van der Waals surface area contributed by atoms with Crippen molar-refractivity contribution in [1.29, 1.82) is 0 Å². The summed E-state index contributed by atoms with van der Waals surface area (Å²) in [5, 5.41) is 8.27. The third-order valence-electron chi connectivity index (χ3n) is 3.77. The van der Waals surface area contributed by atoms with Crippen molar-refractivity contribution >= 4 is 22.8 Å². The lowest BCUT2D eigenvalue weighted by Crippen LogP contribution is -2.63. The highest BCUT2D eigenvalue weighted by Crippen LogP contribution is 2.25. The normalized spacial score (nSPS) is 21.6. The second-order valence-corrected chi connectivity index (χ2v) is 5.76. The number of aryl methyl sites for hydroxylation is 2. The van der Waals surface area contributed by atoms with Crippen LogP contribution in [0.4, 0.5) is 19.1 Å². The van der Waals surface area contributed by atoms with E-state index in [9.17, 15) is 18.0 Å². The summed E-state index contributed by atoms with van der Waals surface area (Å²) in [5.74, 6) is -0.548. The molecule has 1 aliphatic rings. The van der Waals surface area contributed by atoms with E-state index in [-0.39, 0.29) is 5.95 Å². The fourth-order valence-electron chi connectivity index (χ4n) is 2.59. The minimum absolute atomic E-state index is 0.145. The number of hydrogen-bond donors (Lipinski definition) is 3. The first-order valence-corrected chi connectivity index (χ1v) is 7.36. The van der Waals surface area contributed by atoms with Gasteiger partial charge in [0.2, 0.25) is 11.9 Å². The lowest BCUT2D eigenvalue weighted by Gasteiger charge is -2.32. The maximum absolute atomic E-state index is 12.8. The molecule has 1 aromatic heterocycles. The van der Waals surface area contributed by atoms with Gasteiger partial charge in [0.25, 0.3) is 0 Å². The number of aromatic nitrogens is 2. The van der Waals surface area contributed by atoms with Crippen LogP contribution < -0.4 is 16.0 Å². The number of nitrogens with zero attached hydrogens (tertiary/aromatic N) is 2. The molecule has 9 heteroatoms. The molecule has 0 aliphatic carbocycles. The van der Waals surface area contributed by atoms with E-state index in [1.54, 1.807) is 6.92 Å². The second kappa shape index (κ2) is 5.90. The van der Waals surface area contributed by atoms with Crippen LogP contribution in [0.1, 0.15) is 17.7 Å². The highest BCUT2D eigenvalue weighted by molar-refractivity contribution is 5.82. The number of benzene rings is 1. The van der Waals surface area contributed by atoms with Gasteiger partial charge in [0.1, 0.15) is 6.04 Å². The SMILES string of the molecule is Cc1ccc2c(C)nc(NC3NC(=O)CC(C(F)(F)F)N3)nc2c1. The van der Waals surface area contributed by atoms with Gasteiger partial charge in [-0.3, -0.25) is 10.1 Å². The summed E-state index contributed by atoms with van der Waals surface area (Å²) in [6.45, 7) is 3.71. The van der Waals surface area contributed by atoms with Crippen molar-refractivity contribution in [3.8, 4) is 0 Å². The Balaban J connectivity index is 1.85. The molecule has 2 aromatic rings. The number of hydrogen-bond acceptors (Lipinski definition) is 5. The van der Waals surface area contributed by atoms with Crippen LogP contribution in [0.3, 0.4) is 0 Å². The van der Waals surface area contributed by atoms with Crippen LogP contribution in [0, 0.1) is 13.8 Å². The molecule has 2 unspecified atom stereocenters. The van der Waals surface area contributed by atoms with Gasteiger partial charge in [-0.25, -0.2) is 9.97 Å². The first kappa shape index (κ1) is 16.4. The summed E-state index contributed by atoms with van der Waals surface area (Å²) in [6.07, 6.45) is -6.26. The molecule has 24 heavy (non-hydrogen) atoms. The van der Waals surface area contributed by atoms with Crippen molar-refractivity contribution in [2.45, 2.75) is 38.8 Å². The molecule has 1 aliphatic heterocycles. The first-order valence-electron chi connectivity index (χ1n) is 7.36. The summed E-state index contributed by atoms with van der Waals surface area (Å²) in [7, 11) is 0. The van der Waals surface area contributed by atoms with Crippen molar-refractivity contribution in [2.75, 3.05) is 5.32 Å². The van der Waals surface area contributed by atoms with Gasteiger partial charge < -0.3 is 10.6 Å². The molecule has 1 amide bonds. The number of anilines is 1. The molecule has 0 radical (unpaired) electrons. The molecule has 1 aromatic carbocycles. The molecule has 0 bridgehead atoms. The summed E-state index contributed by atoms with van der Waals surface area (Å²) in [4.78, 5) is 20.1. The van der Waals surface area contributed by atoms with Crippen LogP contribution in [0.15, 0.2) is 18.2 Å². The molecule has 128 valence electrons. The minimum Gasteiger partial charge on any atom is -0.323 e. The van der Waals surface area contributed by atoms with Gasteiger partial charge in [0.05, 0.1) is 17.6 Å². The zero-order chi connectivity index (χ0) is 17.5. The van der Waals surface area contributed by atoms with Crippen LogP contribution >= 0.6 is 0 Å². The Morgan fingerprint density at radius 1 is 1.25 bits per heavy atom. The Labute approximate surface area is 135 Å². The zero-order valence-electron chi connectivity index (χ0n) is 13.0. The molecule has 1 saturated heterocycles. The number of carbonyl (C=O) groups excluding carboxylic acids is 1. The summed E-state index contributed by atoms with van der Waals surface area (Å²) >= 11 is 0. The predicted octanol–water partition coefficient (Wildman–Crippen LogP) is 1.98. The van der Waals surface area contributed by atoms with Gasteiger partial charge >= 0.3 is 6.18 Å². The first-order chi connectivity index (χ1) is 11.2. The third-order valence-corrected chi connectivity index (χ3v) is 3.77. The average molecular weight is 339 g/mol. The van der Waals surface area contributed by atoms with E-state index in [1.807, 2.05) is 25.1 Å². The van der Waals surface area contributed by atoms with Gasteiger partial charge in [0, 0.05) is 5.39 Å². The fourth-order valence-corrected chi connectivity index (χ4v) is 2.59. The van der Waals surface area contributed by atoms with Gasteiger partial charge in [-0.2, -0.15) is 13.2 Å². The van der Waals surface area contributed by atoms with Crippen LogP contribution in [0.25, 0.3) is 10.9 Å². The van der Waals surface area contributed by atoms with E-state index in [0.717, 1.165) is 10.9 Å². The molecule has 2 atom stereocenters. The summed E-state index contributed by atoms with van der Waals surface area (Å²) < 4.78 is 38.5. The summed E-state index contributed by atoms with van der Waals surface area (Å²) in [5.41, 5.74) is 2.38. The average Bonchev–Trinajstić information content (AvgIpc) is 2.45. The Morgan fingerprint density at radius 2 is 2.00 bits per heavy atom. The highest BCUT2D eigenvalue weighted by Gasteiger charge is 2.44. The zero-order valence-corrected chi connectivity index (χ0v) is 13.0. The van der Waals surface area contributed by atoms with Crippen LogP contribution in [0.2, 0.25) is 0 Å². The van der Waals surface area contributed by atoms with E-state index < -0.39 is 30.8 Å². The van der Waals surface area contributed by atoms with Crippen LogP contribution in [-0.2, 0) is 4.79 Å². The van der Waals surface area contributed by atoms with Crippen molar-refractivity contribution < 1.29 is 18.0 Å². The third kappa shape index (κ3) is 3.40. The quantitative estimate of drug-likeness (QED) is 0.780. The lowest BCUT2D eigenvalue weighted by atomic mass is 10.1. The van der Waals surface area contributed by atoms with Crippen molar-refractivity contribution in [1.82, 2.24) is 20.6 Å². The van der Waals surface area contributed by atoms with Crippen LogP contribution in [-0.4, -0.2) is 34.4 Å². The standard InChI is InChI=1S/C15H16F3N5O/c1-7-3-4-9-8(2)19-13(20-10(9)5-7)23-14-21-11(15(16,17)18)6-12(24)22-14/h3-5,11,14,21H,6H2,1-2H3,(H,22,24)(H,19,20,23). The van der Waals surface area contributed by atoms with Gasteiger partial charge in [-0.05, 0) is 25.5 Å². The predicted molar refractivity (Wildman–Crippen MR) is 82.2 cm³/mol. The summed E-state index contributed by atoms with van der Waals surface area (Å²) in [6, 6.07) is 3.78. The van der Waals surface area contributed by atoms with E-state index in [0.29, 0.717) is 11.2 Å². The minimum atomic E-state index is -4.50. The van der Waals surface area contributed by atoms with Crippen LogP contribution in [0.5, 0.6) is 0 Å². The molecular weight excluding hydrogens is 323 g/mol. The van der Waals surface area contributed by atoms with E-state index in [2.05, 4.69) is 25.9 Å². The maximum atomic E-state index is 12.8. The number of halogens is 3. The Bertz CT molecular complexity index is 793. The number of carbonyl (C=O) groups is 1. The molecule has 0 spiro atoms. The fraction of sp³-hybridized carbons (Fsp3) is 0.400. The van der Waals surface area contributed by atoms with E-state index in [4.69, 9.17) is 0 Å². The molecule has 6 nitrogen and oxygen atoms in total. The lowest BCUT2D eigenvalue weighted by molar-refractivity contribution is -0.168. The van der Waals surface area contributed by atoms with E-state index >= 15 is 0 Å². The number of fused-ring (bicyclic) bond motifs is 1. The number of nitrogens with one attached hydrogen (secondary N) is 3. The van der Waals surface area contributed by atoms with Crippen molar-refractivity contribution in [2.24, 2.45) is 0 Å². The van der Waals surface area contributed by atoms with Crippen molar-refractivity contribution in [3.63, 3.8) is 0 Å². The number of alkyl halides is 3. The number of rotatable bonds is 2. The molecule has 3 rings (SSSR count). The highest BCUT2D eigenvalue weighted by atomic mass is 19.4. The second-order valence-electron chi connectivity index (χ2n) is 5.76. The molecule has 2 heterocycles. The maximum Gasteiger partial charge on any atom is 0.404 e. The monoisotopic (exact) mass is 339 g/mol. The molecule has 3 N–H and O–H groups in total. The number of amides is 1. The molecule has 0 saturated carbocycles. The topological polar surface area (TPSA) is 78.9 Å². The van der Waals surface area contributed by atoms with E-state index in [1.165, 1.54) is 0 Å². The Hall–Kier alpha value is -2.42.